The Morgan fingerprint density at radius 1 is 1.23 bits per heavy atom. The molecule has 3 rings (SSSR count). The fraction of sp³-hybridized carbons (Fsp3) is 0.0667. The van der Waals surface area contributed by atoms with Crippen LogP contribution in [0.1, 0.15) is 10.4 Å². The first-order valence-corrected chi connectivity index (χ1v) is 8.93. The summed E-state index contributed by atoms with van der Waals surface area (Å²) in [6.45, 7) is -0.820. The highest BCUT2D eigenvalue weighted by Gasteiger charge is 2.41. The largest absolute Gasteiger partial charge is 0.319 e. The van der Waals surface area contributed by atoms with Crippen molar-refractivity contribution >= 4 is 44.8 Å². The van der Waals surface area contributed by atoms with Crippen molar-refractivity contribution in [3.63, 3.8) is 0 Å². The number of benzene rings is 2. The van der Waals surface area contributed by atoms with E-state index in [1.807, 2.05) is 0 Å². The van der Waals surface area contributed by atoms with E-state index >= 15 is 0 Å². The summed E-state index contributed by atoms with van der Waals surface area (Å²) in [5.74, 6) is -1.75. The van der Waals surface area contributed by atoms with Gasteiger partial charge in [0.15, 0.2) is 0 Å². The lowest BCUT2D eigenvalue weighted by Crippen LogP contribution is -2.37. The molecule has 26 heavy (non-hydrogen) atoms. The number of hydrogen-bond donors (Lipinski definition) is 1. The summed E-state index contributed by atoms with van der Waals surface area (Å²) >= 11 is 5.77. The highest BCUT2D eigenvalue weighted by Crippen LogP contribution is 2.31. The number of fused-ring (bicyclic) bond motifs is 1. The maximum atomic E-state index is 12.4. The first kappa shape index (κ1) is 17.8. The van der Waals surface area contributed by atoms with Crippen LogP contribution in [0.3, 0.4) is 0 Å². The molecule has 2 amide bonds. The number of halogens is 1. The minimum absolute atomic E-state index is 0.0333. The van der Waals surface area contributed by atoms with Crippen LogP contribution >= 0.6 is 11.6 Å². The lowest BCUT2D eigenvalue weighted by atomic mass is 10.2. The molecule has 1 heterocycles. The zero-order valence-electron chi connectivity index (χ0n) is 12.9. The predicted octanol–water partition coefficient (Wildman–Crippen LogP) is 2.03. The Bertz CT molecular complexity index is 1050. The number of nitrogens with one attached hydrogen (secondary N) is 1. The fourth-order valence-corrected chi connectivity index (χ4v) is 4.17. The molecule has 0 fully saturated rings. The van der Waals surface area contributed by atoms with Crippen molar-refractivity contribution in [3.05, 3.63) is 63.2 Å². The molecule has 0 spiro atoms. The van der Waals surface area contributed by atoms with Crippen LogP contribution in [-0.4, -0.2) is 36.0 Å². The third kappa shape index (κ3) is 3.00. The average molecular weight is 396 g/mol. The van der Waals surface area contributed by atoms with Crippen LogP contribution in [0.25, 0.3) is 0 Å². The molecule has 0 aliphatic carbocycles. The first-order chi connectivity index (χ1) is 12.2. The first-order valence-electron chi connectivity index (χ1n) is 7.11. The second-order valence-electron chi connectivity index (χ2n) is 5.28. The molecule has 11 heteroatoms. The third-order valence-corrected chi connectivity index (χ3v) is 5.65. The quantitative estimate of drug-likeness (QED) is 0.623. The SMILES string of the molecule is O=C(CN1C(=O)c2ccccc2S1(=O)=O)Nc1cc(Cl)ccc1[N+](=O)[O-]. The topological polar surface area (TPSA) is 127 Å². The minimum atomic E-state index is -4.15. The van der Waals surface area contributed by atoms with Crippen molar-refractivity contribution in [1.29, 1.82) is 0 Å². The number of nitro groups is 1. The van der Waals surface area contributed by atoms with Crippen molar-refractivity contribution in [3.8, 4) is 0 Å². The molecule has 1 aliphatic rings. The number of sulfonamides is 1. The van der Waals surface area contributed by atoms with Crippen molar-refractivity contribution in [2.75, 3.05) is 11.9 Å². The molecule has 9 nitrogen and oxygen atoms in total. The van der Waals surface area contributed by atoms with E-state index in [1.165, 1.54) is 30.3 Å². The summed E-state index contributed by atoms with van der Waals surface area (Å²) in [6, 6.07) is 9.11. The van der Waals surface area contributed by atoms with Gasteiger partial charge in [-0.2, -0.15) is 0 Å². The summed E-state index contributed by atoms with van der Waals surface area (Å²) in [4.78, 5) is 34.6. The zero-order chi connectivity index (χ0) is 19.1. The van der Waals surface area contributed by atoms with Crippen LogP contribution < -0.4 is 5.32 Å². The van der Waals surface area contributed by atoms with E-state index in [1.54, 1.807) is 0 Å². The summed E-state index contributed by atoms with van der Waals surface area (Å²) in [5, 5.41) is 13.4. The molecule has 0 atom stereocenters. The van der Waals surface area contributed by atoms with Crippen molar-refractivity contribution < 1.29 is 22.9 Å². The van der Waals surface area contributed by atoms with E-state index in [2.05, 4.69) is 5.32 Å². The highest BCUT2D eigenvalue weighted by molar-refractivity contribution is 7.90. The second kappa shape index (κ2) is 6.39. The predicted molar refractivity (Wildman–Crippen MR) is 91.4 cm³/mol. The average Bonchev–Trinajstić information content (AvgIpc) is 2.76. The Kier molecular flexibility index (Phi) is 4.38. The van der Waals surface area contributed by atoms with Gasteiger partial charge in [-0.25, -0.2) is 12.7 Å². The third-order valence-electron chi connectivity index (χ3n) is 3.63. The van der Waals surface area contributed by atoms with Crippen LogP contribution in [0.5, 0.6) is 0 Å². The molecule has 2 aromatic carbocycles. The monoisotopic (exact) mass is 395 g/mol. The summed E-state index contributed by atoms with van der Waals surface area (Å²) in [5.41, 5.74) is -0.648. The summed E-state index contributed by atoms with van der Waals surface area (Å²) in [6.07, 6.45) is 0. The molecule has 2 aromatic rings. The standard InChI is InChI=1S/C15H10ClN3O6S/c16-9-5-6-12(19(22)23)11(7-9)17-14(20)8-18-15(21)10-3-1-2-4-13(10)26(18,24)25/h1-7H,8H2,(H,17,20). The molecular weight excluding hydrogens is 386 g/mol. The minimum Gasteiger partial charge on any atom is -0.319 e. The molecule has 0 aromatic heterocycles. The van der Waals surface area contributed by atoms with Gasteiger partial charge in [0.25, 0.3) is 21.6 Å². The molecular formula is C15H10ClN3O6S. The molecule has 134 valence electrons. The van der Waals surface area contributed by atoms with E-state index in [4.69, 9.17) is 11.6 Å². The van der Waals surface area contributed by atoms with Crippen LogP contribution in [0.2, 0.25) is 5.02 Å². The van der Waals surface area contributed by atoms with Gasteiger partial charge in [-0.3, -0.25) is 19.7 Å². The lowest BCUT2D eigenvalue weighted by molar-refractivity contribution is -0.383. The van der Waals surface area contributed by atoms with Gasteiger partial charge in [-0.15, -0.1) is 0 Å². The van der Waals surface area contributed by atoms with Gasteiger partial charge in [0.1, 0.15) is 17.1 Å². The highest BCUT2D eigenvalue weighted by atomic mass is 35.5. The van der Waals surface area contributed by atoms with E-state index < -0.39 is 39.0 Å². The second-order valence-corrected chi connectivity index (χ2v) is 7.55. The van der Waals surface area contributed by atoms with Crippen molar-refractivity contribution in [2.24, 2.45) is 0 Å². The van der Waals surface area contributed by atoms with Gasteiger partial charge in [0.2, 0.25) is 5.91 Å². The zero-order valence-corrected chi connectivity index (χ0v) is 14.5. The van der Waals surface area contributed by atoms with Crippen LogP contribution in [0.15, 0.2) is 47.4 Å². The van der Waals surface area contributed by atoms with E-state index in [0.29, 0.717) is 4.31 Å². The number of amides is 2. The molecule has 0 saturated heterocycles. The van der Waals surface area contributed by atoms with Gasteiger partial charge < -0.3 is 5.32 Å². The van der Waals surface area contributed by atoms with Crippen LogP contribution in [0.4, 0.5) is 11.4 Å². The number of rotatable bonds is 4. The molecule has 0 unspecified atom stereocenters. The van der Waals surface area contributed by atoms with Crippen molar-refractivity contribution in [2.45, 2.75) is 4.90 Å². The Balaban J connectivity index is 1.85. The molecule has 0 radical (unpaired) electrons. The van der Waals surface area contributed by atoms with Gasteiger partial charge in [-0.1, -0.05) is 23.7 Å². The molecule has 1 aliphatic heterocycles. The molecule has 1 N–H and O–H groups in total. The molecule has 0 saturated carbocycles. The number of nitro benzene ring substituents is 1. The van der Waals surface area contributed by atoms with Gasteiger partial charge in [-0.05, 0) is 24.3 Å². The fourth-order valence-electron chi connectivity index (χ4n) is 2.48. The number of nitrogens with zero attached hydrogens (tertiary/aromatic N) is 2. The van der Waals surface area contributed by atoms with E-state index in [9.17, 15) is 28.1 Å². The van der Waals surface area contributed by atoms with Crippen LogP contribution in [0, 0.1) is 10.1 Å². The van der Waals surface area contributed by atoms with E-state index in [0.717, 1.165) is 12.1 Å². The van der Waals surface area contributed by atoms with Crippen LogP contribution in [-0.2, 0) is 14.8 Å². The smallest absolute Gasteiger partial charge is 0.292 e. The maximum absolute atomic E-state index is 12.4. The summed E-state index contributed by atoms with van der Waals surface area (Å²) in [7, 11) is -4.15. The van der Waals surface area contributed by atoms with Gasteiger partial charge in [0, 0.05) is 11.1 Å². The van der Waals surface area contributed by atoms with Gasteiger partial charge in [0.05, 0.1) is 10.5 Å². The molecule has 0 bridgehead atoms. The number of carbonyl (C=O) groups excluding carboxylic acids is 2. The van der Waals surface area contributed by atoms with E-state index in [-0.39, 0.29) is 21.2 Å². The maximum Gasteiger partial charge on any atom is 0.292 e. The normalized spacial score (nSPS) is 14.8. The number of anilines is 1. The Hall–Kier alpha value is -2.98. The Morgan fingerprint density at radius 2 is 1.92 bits per heavy atom. The van der Waals surface area contributed by atoms with Gasteiger partial charge >= 0.3 is 0 Å². The lowest BCUT2D eigenvalue weighted by Gasteiger charge is -2.15. The number of hydrogen-bond acceptors (Lipinski definition) is 6. The number of carbonyl (C=O) groups is 2. The Labute approximate surface area is 152 Å². The summed E-state index contributed by atoms with van der Waals surface area (Å²) < 4.78 is 25.2. The Morgan fingerprint density at radius 3 is 2.58 bits per heavy atom. The van der Waals surface area contributed by atoms with Crippen molar-refractivity contribution in [1.82, 2.24) is 4.31 Å².